The van der Waals surface area contributed by atoms with Gasteiger partial charge in [0.2, 0.25) is 0 Å². The molecule has 49 heavy (non-hydrogen) atoms. The molecule has 0 saturated carbocycles. The summed E-state index contributed by atoms with van der Waals surface area (Å²) in [5, 5.41) is 8.82. The molecule has 292 valence electrons. The number of hydrogen-bond acceptors (Lipinski definition) is 3. The number of aliphatic carboxylic acids is 1. The topological polar surface area (TPSA) is 63.6 Å². The second-order valence-electron chi connectivity index (χ2n) is 15.6. The third-order valence-corrected chi connectivity index (χ3v) is 10.6. The number of rotatable bonds is 42. The number of carbonyl (C=O) groups is 2. The molecule has 4 heteroatoms. The summed E-state index contributed by atoms with van der Waals surface area (Å²) in [4.78, 5) is 23.4. The number of hydrogen-bond donors (Lipinski definition) is 1. The van der Waals surface area contributed by atoms with Crippen molar-refractivity contribution < 1.29 is 19.4 Å². The fraction of sp³-hybridized carbons (Fsp3) is 0.956. The van der Waals surface area contributed by atoms with Crippen LogP contribution in [0.15, 0.2) is 0 Å². The van der Waals surface area contributed by atoms with Crippen LogP contribution >= 0.6 is 0 Å². The van der Waals surface area contributed by atoms with Gasteiger partial charge in [-0.3, -0.25) is 9.59 Å². The first-order valence-corrected chi connectivity index (χ1v) is 22.5. The second kappa shape index (κ2) is 41.4. The predicted molar refractivity (Wildman–Crippen MR) is 214 cm³/mol. The minimum absolute atomic E-state index is 0.00977. The van der Waals surface area contributed by atoms with Gasteiger partial charge in [-0.05, 0) is 38.5 Å². The molecule has 0 saturated heterocycles. The van der Waals surface area contributed by atoms with Crippen LogP contribution in [0, 0.1) is 0 Å². The van der Waals surface area contributed by atoms with E-state index in [2.05, 4.69) is 13.8 Å². The molecule has 0 rings (SSSR count). The molecule has 1 unspecified atom stereocenters. The van der Waals surface area contributed by atoms with E-state index in [-0.39, 0.29) is 18.5 Å². The molecule has 0 fully saturated rings. The van der Waals surface area contributed by atoms with E-state index >= 15 is 0 Å². The molecular formula is C45H88O4. The van der Waals surface area contributed by atoms with E-state index in [0.29, 0.717) is 6.42 Å². The molecule has 0 bridgehead atoms. The lowest BCUT2D eigenvalue weighted by Gasteiger charge is -2.18. The van der Waals surface area contributed by atoms with Crippen LogP contribution in [0.3, 0.4) is 0 Å². The Hall–Kier alpha value is -1.06. The number of ether oxygens (including phenoxy) is 1. The van der Waals surface area contributed by atoms with E-state index < -0.39 is 5.97 Å². The summed E-state index contributed by atoms with van der Waals surface area (Å²) in [6.07, 6.45) is 50.1. The summed E-state index contributed by atoms with van der Waals surface area (Å²) in [5.74, 6) is -0.686. The van der Waals surface area contributed by atoms with Gasteiger partial charge in [-0.25, -0.2) is 0 Å². The van der Waals surface area contributed by atoms with Gasteiger partial charge in [0.1, 0.15) is 6.10 Å². The summed E-state index contributed by atoms with van der Waals surface area (Å²) in [7, 11) is 0. The average Bonchev–Trinajstić information content (AvgIpc) is 3.09. The molecule has 1 N–H and O–H groups in total. The number of carbonyl (C=O) groups excluding carboxylic acids is 1. The first-order valence-electron chi connectivity index (χ1n) is 22.5. The van der Waals surface area contributed by atoms with Crippen LogP contribution in [0.1, 0.15) is 271 Å². The third-order valence-electron chi connectivity index (χ3n) is 10.6. The molecule has 0 aliphatic rings. The van der Waals surface area contributed by atoms with Gasteiger partial charge >= 0.3 is 11.9 Å². The van der Waals surface area contributed by atoms with Crippen LogP contribution in [-0.4, -0.2) is 23.1 Å². The Balaban J connectivity index is 3.77. The SMILES string of the molecule is CCCCCCCCCCCCCCCCCCCCCCCCC(=O)OC(CCCCCCCCCCC)CCCCCCCC(=O)O. The molecule has 0 aromatic rings. The molecule has 0 aliphatic heterocycles. The molecule has 0 spiro atoms. The summed E-state index contributed by atoms with van der Waals surface area (Å²) >= 11 is 0. The van der Waals surface area contributed by atoms with Gasteiger partial charge in [0.25, 0.3) is 0 Å². The first kappa shape index (κ1) is 47.9. The summed E-state index contributed by atoms with van der Waals surface area (Å²) in [6, 6.07) is 0. The van der Waals surface area contributed by atoms with Gasteiger partial charge in [0.05, 0.1) is 0 Å². The zero-order valence-corrected chi connectivity index (χ0v) is 33.5. The van der Waals surface area contributed by atoms with Gasteiger partial charge in [-0.1, -0.05) is 219 Å². The van der Waals surface area contributed by atoms with E-state index in [0.717, 1.165) is 64.2 Å². The number of carboxylic acid groups (broad SMARTS) is 1. The van der Waals surface area contributed by atoms with Crippen LogP contribution in [0.2, 0.25) is 0 Å². The minimum Gasteiger partial charge on any atom is -0.481 e. The lowest BCUT2D eigenvalue weighted by Crippen LogP contribution is -2.18. The van der Waals surface area contributed by atoms with E-state index in [1.165, 1.54) is 180 Å². The lowest BCUT2D eigenvalue weighted by molar-refractivity contribution is -0.150. The van der Waals surface area contributed by atoms with Crippen molar-refractivity contribution in [3.8, 4) is 0 Å². The molecule has 4 nitrogen and oxygen atoms in total. The van der Waals surface area contributed by atoms with E-state index in [9.17, 15) is 9.59 Å². The summed E-state index contributed by atoms with van der Waals surface area (Å²) in [5.41, 5.74) is 0. The zero-order chi connectivity index (χ0) is 35.7. The van der Waals surface area contributed by atoms with Gasteiger partial charge in [0.15, 0.2) is 0 Å². The van der Waals surface area contributed by atoms with E-state index in [4.69, 9.17) is 9.84 Å². The van der Waals surface area contributed by atoms with Crippen molar-refractivity contribution in [1.29, 1.82) is 0 Å². The zero-order valence-electron chi connectivity index (χ0n) is 33.5. The summed E-state index contributed by atoms with van der Waals surface area (Å²) < 4.78 is 6.01. The maximum absolute atomic E-state index is 12.7. The lowest BCUT2D eigenvalue weighted by atomic mass is 10.0. The van der Waals surface area contributed by atoms with Gasteiger partial charge in [0, 0.05) is 12.8 Å². The Morgan fingerprint density at radius 1 is 0.367 bits per heavy atom. The highest BCUT2D eigenvalue weighted by Gasteiger charge is 2.14. The fourth-order valence-corrected chi connectivity index (χ4v) is 7.25. The standard InChI is InChI=1S/C45H88O4/c1-3-5-7-9-11-13-14-15-16-17-18-19-20-21-22-23-24-25-27-29-34-38-42-45(48)49-43(40-36-32-30-33-37-41-44(46)47)39-35-31-28-26-12-10-8-6-4-2/h43H,3-42H2,1-2H3,(H,46,47). The van der Waals surface area contributed by atoms with Crippen LogP contribution in [0.5, 0.6) is 0 Å². The monoisotopic (exact) mass is 693 g/mol. The van der Waals surface area contributed by atoms with Crippen molar-refractivity contribution in [2.75, 3.05) is 0 Å². The fourth-order valence-electron chi connectivity index (χ4n) is 7.25. The Morgan fingerprint density at radius 2 is 0.612 bits per heavy atom. The highest BCUT2D eigenvalue weighted by atomic mass is 16.5. The van der Waals surface area contributed by atoms with Crippen LogP contribution in [-0.2, 0) is 14.3 Å². The first-order chi connectivity index (χ1) is 24.1. The second-order valence-corrected chi connectivity index (χ2v) is 15.6. The maximum atomic E-state index is 12.7. The van der Waals surface area contributed by atoms with Crippen molar-refractivity contribution in [3.05, 3.63) is 0 Å². The van der Waals surface area contributed by atoms with Crippen molar-refractivity contribution in [2.45, 2.75) is 277 Å². The Kier molecular flexibility index (Phi) is 40.5. The largest absolute Gasteiger partial charge is 0.481 e. The van der Waals surface area contributed by atoms with E-state index in [1.807, 2.05) is 0 Å². The Labute approximate surface area is 307 Å². The van der Waals surface area contributed by atoms with Crippen LogP contribution < -0.4 is 0 Å². The normalized spacial score (nSPS) is 12.0. The molecule has 0 amide bonds. The highest BCUT2D eigenvalue weighted by Crippen LogP contribution is 2.19. The number of esters is 1. The number of unbranched alkanes of at least 4 members (excludes halogenated alkanes) is 33. The number of carboxylic acids is 1. The smallest absolute Gasteiger partial charge is 0.306 e. The molecule has 0 aromatic heterocycles. The third kappa shape index (κ3) is 41.2. The molecular weight excluding hydrogens is 604 g/mol. The van der Waals surface area contributed by atoms with Crippen molar-refractivity contribution in [2.24, 2.45) is 0 Å². The van der Waals surface area contributed by atoms with Gasteiger partial charge in [-0.2, -0.15) is 0 Å². The van der Waals surface area contributed by atoms with Crippen molar-refractivity contribution >= 4 is 11.9 Å². The van der Waals surface area contributed by atoms with Crippen molar-refractivity contribution in [3.63, 3.8) is 0 Å². The van der Waals surface area contributed by atoms with Crippen LogP contribution in [0.4, 0.5) is 0 Å². The molecule has 0 heterocycles. The quantitative estimate of drug-likeness (QED) is 0.0511. The van der Waals surface area contributed by atoms with E-state index in [1.54, 1.807) is 0 Å². The van der Waals surface area contributed by atoms with Gasteiger partial charge < -0.3 is 9.84 Å². The Morgan fingerprint density at radius 3 is 0.898 bits per heavy atom. The molecule has 1 atom stereocenters. The predicted octanol–water partition coefficient (Wildman–Crippen LogP) is 15.6. The average molecular weight is 693 g/mol. The molecule has 0 aliphatic carbocycles. The van der Waals surface area contributed by atoms with Crippen LogP contribution in [0.25, 0.3) is 0 Å². The minimum atomic E-state index is -0.696. The maximum Gasteiger partial charge on any atom is 0.306 e. The van der Waals surface area contributed by atoms with Crippen molar-refractivity contribution in [1.82, 2.24) is 0 Å². The molecule has 0 radical (unpaired) electrons. The van der Waals surface area contributed by atoms with Gasteiger partial charge in [-0.15, -0.1) is 0 Å². The molecule has 0 aromatic carbocycles. The highest BCUT2D eigenvalue weighted by molar-refractivity contribution is 5.69. The Bertz CT molecular complexity index is 662. The summed E-state index contributed by atoms with van der Waals surface area (Å²) in [6.45, 7) is 4.57.